The molecule has 2 heteroatoms. The zero-order chi connectivity index (χ0) is 17.5. The molecule has 0 amide bonds. The van der Waals surface area contributed by atoms with Gasteiger partial charge in [0.2, 0.25) is 0 Å². The van der Waals surface area contributed by atoms with E-state index in [0.717, 1.165) is 6.92 Å². The Morgan fingerprint density at radius 3 is 2.91 bits per heavy atom. The Hall–Kier alpha value is -0.530. The number of carboxylic acids is 1. The molecule has 1 unspecified atom stereocenters. The van der Waals surface area contributed by atoms with Crippen LogP contribution in [0.5, 0.6) is 0 Å². The number of carbonyl (C=O) groups is 1. The summed E-state index contributed by atoms with van der Waals surface area (Å²) in [5, 5.41) is 9.06. The van der Waals surface area contributed by atoms with Crippen molar-refractivity contribution >= 4 is 5.97 Å². The van der Waals surface area contributed by atoms with E-state index in [0.29, 0.717) is 0 Å². The van der Waals surface area contributed by atoms with E-state index in [1.165, 1.54) is 0 Å². The molecule has 0 fully saturated rings. The average Bonchev–Trinajstić information content (AvgIpc) is 2.10. The SMILES string of the molecule is [2H]C(CC([2H])([2H])C([2H])([2H])[2H])(CC([2H])([2H])C([2H])([2H])C)C(=O)O. The second-order valence-corrected chi connectivity index (χ2v) is 1.87. The minimum atomic E-state index is -3.17. The lowest BCUT2D eigenvalue weighted by molar-refractivity contribution is -0.142. The highest BCUT2D eigenvalue weighted by atomic mass is 16.4. The Labute approximate surface area is 82.7 Å². The van der Waals surface area contributed by atoms with Gasteiger partial charge in [-0.3, -0.25) is 4.79 Å². The van der Waals surface area contributed by atoms with Gasteiger partial charge in [0.15, 0.2) is 0 Å². The standard InChI is InChI=1S/C9H18O2/c1-3-5-7-8(6-4-2)9(10)11/h8H,3-7H2,1-2H3,(H,10,11)/i2D3,3D2,4D2,5D2,8D. The molecule has 11 heavy (non-hydrogen) atoms. The molecule has 0 bridgehead atoms. The highest BCUT2D eigenvalue weighted by Gasteiger charge is 2.14. The van der Waals surface area contributed by atoms with Gasteiger partial charge >= 0.3 is 5.97 Å². The Kier molecular flexibility index (Phi) is 1.40. The average molecular weight is 168 g/mol. The quantitative estimate of drug-likeness (QED) is 0.662. The van der Waals surface area contributed by atoms with E-state index < -0.39 is 50.7 Å². The fourth-order valence-electron chi connectivity index (χ4n) is 0.516. The number of hydrogen-bond donors (Lipinski definition) is 1. The third kappa shape index (κ3) is 4.82. The number of aliphatic carboxylic acids is 1. The van der Waals surface area contributed by atoms with Crippen LogP contribution in [0.3, 0.4) is 0 Å². The Bertz CT molecular complexity index is 366. The molecule has 0 radical (unpaired) electrons. The van der Waals surface area contributed by atoms with Gasteiger partial charge in [0.1, 0.15) is 0 Å². The number of carboxylic acid groups (broad SMARTS) is 1. The first-order valence-electron chi connectivity index (χ1n) is 8.09. The van der Waals surface area contributed by atoms with E-state index in [-0.39, 0.29) is 0 Å². The van der Waals surface area contributed by atoms with Crippen molar-refractivity contribution in [1.29, 1.82) is 0 Å². The first kappa shape index (κ1) is 2.48. The molecule has 1 N–H and O–H groups in total. The summed E-state index contributed by atoms with van der Waals surface area (Å²) in [5.41, 5.74) is 0. The minimum absolute atomic E-state index is 0.869. The maximum atomic E-state index is 11.2. The van der Waals surface area contributed by atoms with Gasteiger partial charge in [-0.1, -0.05) is 32.9 Å². The van der Waals surface area contributed by atoms with Crippen LogP contribution < -0.4 is 0 Å². The second kappa shape index (κ2) is 6.20. The summed E-state index contributed by atoms with van der Waals surface area (Å²) >= 11 is 0. The van der Waals surface area contributed by atoms with Crippen LogP contribution in [0, 0.1) is 5.89 Å². The van der Waals surface area contributed by atoms with Crippen LogP contribution >= 0.6 is 0 Å². The van der Waals surface area contributed by atoms with Gasteiger partial charge in [-0.15, -0.1) is 0 Å². The molecule has 0 aliphatic carbocycles. The molecule has 0 saturated heterocycles. The second-order valence-electron chi connectivity index (χ2n) is 1.87. The maximum absolute atomic E-state index is 11.2. The minimum Gasteiger partial charge on any atom is -0.481 e. The van der Waals surface area contributed by atoms with E-state index >= 15 is 0 Å². The highest BCUT2D eigenvalue weighted by molar-refractivity contribution is 5.69. The molecule has 0 saturated carbocycles. The van der Waals surface area contributed by atoms with E-state index in [2.05, 4.69) is 0 Å². The largest absolute Gasteiger partial charge is 0.481 e. The summed E-state index contributed by atoms with van der Waals surface area (Å²) in [6, 6.07) is 0. The summed E-state index contributed by atoms with van der Waals surface area (Å²) in [6.45, 7) is -2.31. The molecule has 1 atom stereocenters. The van der Waals surface area contributed by atoms with Crippen LogP contribution in [0.15, 0.2) is 0 Å². The summed E-state index contributed by atoms with van der Waals surface area (Å²) in [4.78, 5) is 11.2. The van der Waals surface area contributed by atoms with Gasteiger partial charge in [-0.05, 0) is 12.8 Å². The molecule has 0 aliphatic heterocycles. The molecule has 0 aromatic rings. The topological polar surface area (TPSA) is 37.3 Å². The van der Waals surface area contributed by atoms with E-state index in [4.69, 9.17) is 18.8 Å². The Morgan fingerprint density at radius 1 is 1.73 bits per heavy atom. The molecule has 0 aromatic heterocycles. The molecular formula is C9H18O2. The van der Waals surface area contributed by atoms with Crippen molar-refractivity contribution in [3.8, 4) is 0 Å². The summed E-state index contributed by atoms with van der Waals surface area (Å²) < 4.78 is 73.3. The predicted molar refractivity (Wildman–Crippen MR) is 45.6 cm³/mol. The van der Waals surface area contributed by atoms with Crippen LogP contribution in [-0.2, 0) is 4.79 Å². The molecule has 0 aliphatic rings. The van der Waals surface area contributed by atoms with Crippen LogP contribution in [-0.4, -0.2) is 11.1 Å². The van der Waals surface area contributed by atoms with Gasteiger partial charge in [0, 0.05) is 13.7 Å². The zero-order valence-corrected chi connectivity index (χ0v) is 6.27. The molecule has 0 rings (SSSR count). The third-order valence-electron chi connectivity index (χ3n) is 1.08. The van der Waals surface area contributed by atoms with Crippen LogP contribution in [0.4, 0.5) is 0 Å². The van der Waals surface area contributed by atoms with Crippen molar-refractivity contribution in [1.82, 2.24) is 0 Å². The molecule has 0 heterocycles. The van der Waals surface area contributed by atoms with E-state index in [9.17, 15) is 4.79 Å². The zero-order valence-electron chi connectivity index (χ0n) is 16.3. The lowest BCUT2D eigenvalue weighted by atomic mass is 9.97. The first-order chi connectivity index (χ1) is 8.86. The number of hydrogen-bond acceptors (Lipinski definition) is 1. The summed E-state index contributed by atoms with van der Waals surface area (Å²) in [6.07, 6.45) is -10.7. The van der Waals surface area contributed by atoms with Gasteiger partial charge in [-0.25, -0.2) is 0 Å². The molecule has 66 valence electrons. The summed E-state index contributed by atoms with van der Waals surface area (Å²) in [7, 11) is 0. The van der Waals surface area contributed by atoms with E-state index in [1.54, 1.807) is 0 Å². The van der Waals surface area contributed by atoms with Crippen molar-refractivity contribution in [3.05, 3.63) is 0 Å². The smallest absolute Gasteiger partial charge is 0.306 e. The monoisotopic (exact) mass is 168 g/mol. The third-order valence-corrected chi connectivity index (χ3v) is 1.08. The summed E-state index contributed by atoms with van der Waals surface area (Å²) in [5.74, 6) is -4.70. The molecule has 0 aromatic carbocycles. The highest BCUT2D eigenvalue weighted by Crippen LogP contribution is 2.14. The molecular weight excluding hydrogens is 140 g/mol. The van der Waals surface area contributed by atoms with E-state index in [1.807, 2.05) is 0 Å². The molecule has 0 spiro atoms. The lowest BCUT2D eigenvalue weighted by Crippen LogP contribution is -2.12. The maximum Gasteiger partial charge on any atom is 0.306 e. The van der Waals surface area contributed by atoms with Crippen molar-refractivity contribution in [2.75, 3.05) is 0 Å². The van der Waals surface area contributed by atoms with Crippen molar-refractivity contribution < 1.29 is 23.6 Å². The van der Waals surface area contributed by atoms with Crippen LogP contribution in [0.25, 0.3) is 0 Å². The van der Waals surface area contributed by atoms with Crippen LogP contribution in [0.1, 0.15) is 59.4 Å². The fraction of sp³-hybridized carbons (Fsp3) is 0.889. The van der Waals surface area contributed by atoms with Crippen LogP contribution in [0.2, 0.25) is 0 Å². The normalized spacial score (nSPS) is 34.3. The van der Waals surface area contributed by atoms with Crippen molar-refractivity contribution in [2.45, 2.75) is 45.7 Å². The molecule has 2 nitrogen and oxygen atoms in total. The van der Waals surface area contributed by atoms with Gasteiger partial charge in [0.05, 0.1) is 5.89 Å². The van der Waals surface area contributed by atoms with Crippen molar-refractivity contribution in [2.24, 2.45) is 5.89 Å². The fourth-order valence-corrected chi connectivity index (χ4v) is 0.516. The lowest BCUT2D eigenvalue weighted by Gasteiger charge is -2.08. The Balaban J connectivity index is 5.55. The van der Waals surface area contributed by atoms with Crippen molar-refractivity contribution in [3.63, 3.8) is 0 Å². The van der Waals surface area contributed by atoms with Gasteiger partial charge in [0.25, 0.3) is 0 Å². The van der Waals surface area contributed by atoms with Gasteiger partial charge < -0.3 is 5.11 Å². The first-order valence-corrected chi connectivity index (χ1v) is 3.09. The Morgan fingerprint density at radius 2 is 2.45 bits per heavy atom. The van der Waals surface area contributed by atoms with Gasteiger partial charge in [-0.2, -0.15) is 0 Å². The number of rotatable bonds is 6. The predicted octanol–water partition coefficient (Wildman–Crippen LogP) is 2.68.